The van der Waals surface area contributed by atoms with E-state index >= 15 is 0 Å². The van der Waals surface area contributed by atoms with Crippen LogP contribution in [0.4, 0.5) is 0 Å². The van der Waals surface area contributed by atoms with E-state index in [0.717, 1.165) is 11.1 Å². The monoisotopic (exact) mass is 298 g/mol. The SMILES string of the molecule is Cc1ccc2cccc(C(=O)N[C@H]3CC[C@@H](C(=O)O)C3)c2n1. The number of carboxylic acids is 1. The Balaban J connectivity index is 1.81. The van der Waals surface area contributed by atoms with Crippen LogP contribution >= 0.6 is 0 Å². The van der Waals surface area contributed by atoms with Crippen LogP contribution in [0.1, 0.15) is 35.3 Å². The van der Waals surface area contributed by atoms with Crippen molar-refractivity contribution in [1.29, 1.82) is 0 Å². The number of carbonyl (C=O) groups excluding carboxylic acids is 1. The van der Waals surface area contributed by atoms with Crippen molar-refractivity contribution in [1.82, 2.24) is 10.3 Å². The third-order valence-electron chi connectivity index (χ3n) is 4.22. The highest BCUT2D eigenvalue weighted by Gasteiger charge is 2.30. The van der Waals surface area contributed by atoms with Crippen molar-refractivity contribution in [2.75, 3.05) is 0 Å². The number of rotatable bonds is 3. The summed E-state index contributed by atoms with van der Waals surface area (Å²) in [5, 5.41) is 12.9. The molecule has 1 aliphatic rings. The van der Waals surface area contributed by atoms with E-state index in [9.17, 15) is 9.59 Å². The summed E-state index contributed by atoms with van der Waals surface area (Å²) in [4.78, 5) is 28.0. The number of carbonyl (C=O) groups is 2. The highest BCUT2D eigenvalue weighted by atomic mass is 16.4. The Labute approximate surface area is 128 Å². The first-order valence-electron chi connectivity index (χ1n) is 7.44. The second-order valence-electron chi connectivity index (χ2n) is 5.85. The van der Waals surface area contributed by atoms with Gasteiger partial charge in [0.15, 0.2) is 0 Å². The predicted molar refractivity (Wildman–Crippen MR) is 82.7 cm³/mol. The van der Waals surface area contributed by atoms with E-state index in [2.05, 4.69) is 10.3 Å². The molecular formula is C17H18N2O3. The summed E-state index contributed by atoms with van der Waals surface area (Å²) in [7, 11) is 0. The van der Waals surface area contributed by atoms with Gasteiger partial charge in [0.05, 0.1) is 17.0 Å². The van der Waals surface area contributed by atoms with Crippen molar-refractivity contribution in [3.63, 3.8) is 0 Å². The van der Waals surface area contributed by atoms with Crippen LogP contribution in [0.3, 0.4) is 0 Å². The number of para-hydroxylation sites is 1. The van der Waals surface area contributed by atoms with Crippen LogP contribution < -0.4 is 5.32 Å². The Kier molecular flexibility index (Phi) is 3.79. The molecule has 1 aromatic carbocycles. The molecule has 5 nitrogen and oxygen atoms in total. The molecule has 1 saturated carbocycles. The lowest BCUT2D eigenvalue weighted by Gasteiger charge is -2.13. The van der Waals surface area contributed by atoms with Crippen molar-refractivity contribution in [3.8, 4) is 0 Å². The summed E-state index contributed by atoms with van der Waals surface area (Å²) in [5.74, 6) is -1.31. The van der Waals surface area contributed by atoms with Gasteiger partial charge in [0.1, 0.15) is 0 Å². The van der Waals surface area contributed by atoms with Crippen molar-refractivity contribution in [3.05, 3.63) is 41.6 Å². The van der Waals surface area contributed by atoms with E-state index in [-0.39, 0.29) is 17.9 Å². The fourth-order valence-corrected chi connectivity index (χ4v) is 3.03. The fraction of sp³-hybridized carbons (Fsp3) is 0.353. The number of fused-ring (bicyclic) bond motifs is 1. The number of aliphatic carboxylic acids is 1. The zero-order chi connectivity index (χ0) is 15.7. The molecule has 1 aromatic heterocycles. The molecule has 0 aliphatic heterocycles. The lowest BCUT2D eigenvalue weighted by Crippen LogP contribution is -2.33. The molecule has 2 N–H and O–H groups in total. The Morgan fingerprint density at radius 3 is 2.77 bits per heavy atom. The molecule has 1 aliphatic carbocycles. The van der Waals surface area contributed by atoms with Crippen molar-refractivity contribution in [2.45, 2.75) is 32.2 Å². The molecule has 114 valence electrons. The zero-order valence-electron chi connectivity index (χ0n) is 12.4. The molecule has 3 rings (SSSR count). The van der Waals surface area contributed by atoms with Gasteiger partial charge in [-0.25, -0.2) is 0 Å². The summed E-state index contributed by atoms with van der Waals surface area (Å²) in [5.41, 5.74) is 2.09. The normalized spacial score (nSPS) is 21.0. The number of benzene rings is 1. The molecule has 1 heterocycles. The van der Waals surface area contributed by atoms with Gasteiger partial charge in [0, 0.05) is 17.1 Å². The van der Waals surface area contributed by atoms with E-state index in [1.165, 1.54) is 0 Å². The molecule has 5 heteroatoms. The first-order valence-corrected chi connectivity index (χ1v) is 7.44. The first kappa shape index (κ1) is 14.5. The number of nitrogens with zero attached hydrogens (tertiary/aromatic N) is 1. The maximum atomic E-state index is 12.5. The maximum absolute atomic E-state index is 12.5. The summed E-state index contributed by atoms with van der Waals surface area (Å²) in [6.45, 7) is 1.89. The standard InChI is InChI=1S/C17H18N2O3/c1-10-5-6-11-3-2-4-14(15(11)18-10)16(20)19-13-8-7-12(9-13)17(21)22/h2-6,12-13H,7-9H2,1H3,(H,19,20)(H,21,22)/t12-,13+/m1/s1. The summed E-state index contributed by atoms with van der Waals surface area (Å²) >= 11 is 0. The van der Waals surface area contributed by atoms with Crippen molar-refractivity contribution >= 4 is 22.8 Å². The lowest BCUT2D eigenvalue weighted by molar-refractivity contribution is -0.141. The smallest absolute Gasteiger partial charge is 0.306 e. The van der Waals surface area contributed by atoms with Crippen LogP contribution in [0.5, 0.6) is 0 Å². The number of aryl methyl sites for hydroxylation is 1. The molecule has 2 atom stereocenters. The van der Waals surface area contributed by atoms with Crippen LogP contribution in [-0.2, 0) is 4.79 Å². The average molecular weight is 298 g/mol. The van der Waals surface area contributed by atoms with Crippen LogP contribution in [-0.4, -0.2) is 28.0 Å². The van der Waals surface area contributed by atoms with Crippen LogP contribution in [0.25, 0.3) is 10.9 Å². The molecule has 0 radical (unpaired) electrons. The molecule has 0 saturated heterocycles. The molecule has 0 spiro atoms. The largest absolute Gasteiger partial charge is 0.481 e. The number of carboxylic acid groups (broad SMARTS) is 1. The molecule has 0 unspecified atom stereocenters. The minimum absolute atomic E-state index is 0.0753. The lowest BCUT2D eigenvalue weighted by atomic mass is 10.1. The van der Waals surface area contributed by atoms with Crippen LogP contribution in [0.2, 0.25) is 0 Å². The van der Waals surface area contributed by atoms with E-state index in [1.807, 2.05) is 31.2 Å². The van der Waals surface area contributed by atoms with Gasteiger partial charge in [0.25, 0.3) is 5.91 Å². The number of amides is 1. The van der Waals surface area contributed by atoms with Crippen molar-refractivity contribution < 1.29 is 14.7 Å². The van der Waals surface area contributed by atoms with Gasteiger partial charge in [0.2, 0.25) is 0 Å². The Morgan fingerprint density at radius 2 is 2.05 bits per heavy atom. The quantitative estimate of drug-likeness (QED) is 0.912. The number of hydrogen-bond donors (Lipinski definition) is 2. The van der Waals surface area contributed by atoms with Crippen molar-refractivity contribution in [2.24, 2.45) is 5.92 Å². The Hall–Kier alpha value is -2.43. The summed E-state index contributed by atoms with van der Waals surface area (Å²) in [6.07, 6.45) is 1.82. The number of hydrogen-bond acceptors (Lipinski definition) is 3. The van der Waals surface area contributed by atoms with Gasteiger partial charge in [-0.3, -0.25) is 14.6 Å². The average Bonchev–Trinajstić information content (AvgIpc) is 2.95. The highest BCUT2D eigenvalue weighted by Crippen LogP contribution is 2.26. The number of aromatic nitrogens is 1. The fourth-order valence-electron chi connectivity index (χ4n) is 3.03. The molecular weight excluding hydrogens is 280 g/mol. The second kappa shape index (κ2) is 5.75. The first-order chi connectivity index (χ1) is 10.5. The topological polar surface area (TPSA) is 79.3 Å². The van der Waals surface area contributed by atoms with Gasteiger partial charge < -0.3 is 10.4 Å². The number of pyridine rings is 1. The third kappa shape index (κ3) is 2.79. The Bertz CT molecular complexity index is 742. The van der Waals surface area contributed by atoms with Gasteiger partial charge in [-0.2, -0.15) is 0 Å². The third-order valence-corrected chi connectivity index (χ3v) is 4.22. The van der Waals surface area contributed by atoms with E-state index < -0.39 is 5.97 Å². The van der Waals surface area contributed by atoms with Crippen LogP contribution in [0, 0.1) is 12.8 Å². The Morgan fingerprint density at radius 1 is 1.23 bits per heavy atom. The van der Waals surface area contributed by atoms with Gasteiger partial charge >= 0.3 is 5.97 Å². The number of nitrogens with one attached hydrogen (secondary N) is 1. The van der Waals surface area contributed by atoms with E-state index in [1.54, 1.807) is 6.07 Å². The predicted octanol–water partition coefficient (Wildman–Crippen LogP) is 2.53. The highest BCUT2D eigenvalue weighted by molar-refractivity contribution is 6.05. The molecule has 22 heavy (non-hydrogen) atoms. The van der Waals surface area contributed by atoms with Gasteiger partial charge in [-0.1, -0.05) is 18.2 Å². The summed E-state index contributed by atoms with van der Waals surface area (Å²) < 4.78 is 0. The summed E-state index contributed by atoms with van der Waals surface area (Å²) in [6, 6.07) is 9.31. The second-order valence-corrected chi connectivity index (χ2v) is 5.85. The van der Waals surface area contributed by atoms with E-state index in [4.69, 9.17) is 5.11 Å². The van der Waals surface area contributed by atoms with E-state index in [0.29, 0.717) is 30.3 Å². The molecule has 1 amide bonds. The molecule has 2 aromatic rings. The van der Waals surface area contributed by atoms with Gasteiger partial charge in [-0.15, -0.1) is 0 Å². The minimum Gasteiger partial charge on any atom is -0.481 e. The minimum atomic E-state index is -0.779. The maximum Gasteiger partial charge on any atom is 0.306 e. The molecule has 0 bridgehead atoms. The molecule has 1 fully saturated rings. The van der Waals surface area contributed by atoms with Crippen LogP contribution in [0.15, 0.2) is 30.3 Å². The van der Waals surface area contributed by atoms with Gasteiger partial charge in [-0.05, 0) is 38.3 Å². The zero-order valence-corrected chi connectivity index (χ0v) is 12.4.